The first kappa shape index (κ1) is 13.0. The molecule has 0 spiro atoms. The van der Waals surface area contributed by atoms with E-state index in [9.17, 15) is 0 Å². The fraction of sp³-hybridized carbons (Fsp3) is 1.00. The fourth-order valence-electron chi connectivity index (χ4n) is 3.23. The van der Waals surface area contributed by atoms with Gasteiger partial charge in [-0.1, -0.05) is 27.7 Å². The van der Waals surface area contributed by atoms with E-state index in [-0.39, 0.29) is 0 Å². The third-order valence-corrected chi connectivity index (χ3v) is 4.60. The van der Waals surface area contributed by atoms with E-state index in [4.69, 9.17) is 0 Å². The quantitative estimate of drug-likeness (QED) is 0.690. The summed E-state index contributed by atoms with van der Waals surface area (Å²) in [6, 6.07) is 0. The molecule has 1 saturated carbocycles. The van der Waals surface area contributed by atoms with Crippen molar-refractivity contribution in [2.45, 2.75) is 40.5 Å². The molecule has 1 heteroatoms. The van der Waals surface area contributed by atoms with Gasteiger partial charge in [-0.3, -0.25) is 0 Å². The molecule has 0 saturated heterocycles. The average molecular weight is 211 g/mol. The summed E-state index contributed by atoms with van der Waals surface area (Å²) in [5.74, 6) is 4.57. The summed E-state index contributed by atoms with van der Waals surface area (Å²) in [7, 11) is 4.38. The van der Waals surface area contributed by atoms with E-state index >= 15 is 0 Å². The number of rotatable bonds is 3. The highest BCUT2D eigenvalue weighted by Gasteiger charge is 2.32. The van der Waals surface area contributed by atoms with Crippen LogP contribution in [0.15, 0.2) is 0 Å². The Morgan fingerprint density at radius 2 is 1.53 bits per heavy atom. The molecule has 1 fully saturated rings. The van der Waals surface area contributed by atoms with Crippen LogP contribution in [0.5, 0.6) is 0 Å². The molecule has 0 aromatic rings. The Balaban J connectivity index is 2.50. The molecule has 90 valence electrons. The first-order valence-electron chi connectivity index (χ1n) is 6.56. The van der Waals surface area contributed by atoms with Gasteiger partial charge in [0, 0.05) is 6.54 Å². The van der Waals surface area contributed by atoms with Crippen LogP contribution in [0.2, 0.25) is 0 Å². The zero-order chi connectivity index (χ0) is 11.6. The molecule has 0 aromatic heterocycles. The monoisotopic (exact) mass is 211 g/mol. The predicted octanol–water partition coefficient (Wildman–Crippen LogP) is 3.50. The maximum Gasteiger partial charge on any atom is 0.000357 e. The second kappa shape index (κ2) is 5.34. The maximum atomic E-state index is 2.44. The molecule has 1 aliphatic rings. The summed E-state index contributed by atoms with van der Waals surface area (Å²) in [6.45, 7) is 11.0. The van der Waals surface area contributed by atoms with Crippen LogP contribution in [0, 0.1) is 29.6 Å². The van der Waals surface area contributed by atoms with E-state index < -0.39 is 0 Å². The summed E-state index contributed by atoms with van der Waals surface area (Å²) < 4.78 is 0. The molecule has 0 N–H and O–H groups in total. The fourth-order valence-corrected chi connectivity index (χ4v) is 3.23. The Bertz CT molecular complexity index is 176. The molecule has 0 bridgehead atoms. The molecule has 1 aliphatic carbocycles. The summed E-state index contributed by atoms with van der Waals surface area (Å²) in [4.78, 5) is 2.33. The van der Waals surface area contributed by atoms with Crippen molar-refractivity contribution in [3.8, 4) is 0 Å². The normalized spacial score (nSPS) is 39.4. The van der Waals surface area contributed by atoms with Crippen molar-refractivity contribution in [1.82, 2.24) is 4.90 Å². The van der Waals surface area contributed by atoms with Crippen LogP contribution in [0.3, 0.4) is 0 Å². The van der Waals surface area contributed by atoms with E-state index in [0.717, 1.165) is 29.6 Å². The smallest absolute Gasteiger partial charge is 0.000357 e. The van der Waals surface area contributed by atoms with E-state index in [1.807, 2.05) is 0 Å². The van der Waals surface area contributed by atoms with Crippen molar-refractivity contribution in [2.75, 3.05) is 20.6 Å². The Morgan fingerprint density at radius 3 is 1.93 bits per heavy atom. The molecule has 3 atom stereocenters. The topological polar surface area (TPSA) is 3.24 Å². The molecule has 0 aliphatic heterocycles. The second-order valence-electron chi connectivity index (χ2n) is 6.28. The highest BCUT2D eigenvalue weighted by atomic mass is 15.1. The van der Waals surface area contributed by atoms with Gasteiger partial charge in [-0.2, -0.15) is 0 Å². The van der Waals surface area contributed by atoms with Crippen molar-refractivity contribution in [3.63, 3.8) is 0 Å². The van der Waals surface area contributed by atoms with Crippen molar-refractivity contribution >= 4 is 0 Å². The Morgan fingerprint density at radius 1 is 1.07 bits per heavy atom. The van der Waals surface area contributed by atoms with Crippen molar-refractivity contribution in [3.05, 3.63) is 0 Å². The maximum absolute atomic E-state index is 2.44. The van der Waals surface area contributed by atoms with E-state index in [2.05, 4.69) is 46.7 Å². The Labute approximate surface area is 96.2 Å². The van der Waals surface area contributed by atoms with E-state index in [0.29, 0.717) is 0 Å². The van der Waals surface area contributed by atoms with Crippen molar-refractivity contribution in [2.24, 2.45) is 29.6 Å². The molecular weight excluding hydrogens is 182 g/mol. The summed E-state index contributed by atoms with van der Waals surface area (Å²) >= 11 is 0. The predicted molar refractivity (Wildman–Crippen MR) is 67.9 cm³/mol. The third-order valence-electron chi connectivity index (χ3n) is 4.60. The lowest BCUT2D eigenvalue weighted by atomic mass is 9.67. The number of hydrogen-bond donors (Lipinski definition) is 0. The SMILES string of the molecule is CC(CN(C)C)C1CC(C)C(C)C(C)C1. The lowest BCUT2D eigenvalue weighted by Gasteiger charge is -2.40. The Hall–Kier alpha value is -0.0400. The van der Waals surface area contributed by atoms with Crippen LogP contribution < -0.4 is 0 Å². The third kappa shape index (κ3) is 3.48. The van der Waals surface area contributed by atoms with Crippen LogP contribution in [0.1, 0.15) is 40.5 Å². The van der Waals surface area contributed by atoms with Gasteiger partial charge in [-0.05, 0) is 56.5 Å². The first-order valence-corrected chi connectivity index (χ1v) is 6.56. The molecule has 0 radical (unpaired) electrons. The highest BCUT2D eigenvalue weighted by Crippen LogP contribution is 2.40. The van der Waals surface area contributed by atoms with E-state index in [1.54, 1.807) is 0 Å². The van der Waals surface area contributed by atoms with Gasteiger partial charge in [0.15, 0.2) is 0 Å². The number of nitrogens with zero attached hydrogens (tertiary/aromatic N) is 1. The number of hydrogen-bond acceptors (Lipinski definition) is 1. The van der Waals surface area contributed by atoms with Gasteiger partial charge >= 0.3 is 0 Å². The van der Waals surface area contributed by atoms with Crippen LogP contribution >= 0.6 is 0 Å². The van der Waals surface area contributed by atoms with Gasteiger partial charge in [0.25, 0.3) is 0 Å². The van der Waals surface area contributed by atoms with Crippen LogP contribution in [-0.4, -0.2) is 25.5 Å². The van der Waals surface area contributed by atoms with Crippen LogP contribution in [0.25, 0.3) is 0 Å². The van der Waals surface area contributed by atoms with Gasteiger partial charge in [-0.25, -0.2) is 0 Å². The molecule has 0 heterocycles. The minimum atomic E-state index is 0.859. The van der Waals surface area contributed by atoms with Gasteiger partial charge < -0.3 is 4.90 Å². The summed E-state index contributed by atoms with van der Waals surface area (Å²) in [6.07, 6.45) is 2.89. The van der Waals surface area contributed by atoms with Gasteiger partial charge in [-0.15, -0.1) is 0 Å². The van der Waals surface area contributed by atoms with Crippen LogP contribution in [-0.2, 0) is 0 Å². The molecule has 15 heavy (non-hydrogen) atoms. The lowest BCUT2D eigenvalue weighted by molar-refractivity contribution is 0.0979. The molecule has 1 nitrogen and oxygen atoms in total. The van der Waals surface area contributed by atoms with Crippen molar-refractivity contribution < 1.29 is 0 Å². The molecule has 0 amide bonds. The molecular formula is C14H29N. The first-order chi connectivity index (χ1) is 6.91. The Kier molecular flexibility index (Phi) is 4.64. The van der Waals surface area contributed by atoms with Crippen LogP contribution in [0.4, 0.5) is 0 Å². The largest absolute Gasteiger partial charge is 0.309 e. The minimum Gasteiger partial charge on any atom is -0.309 e. The molecule has 0 aromatic carbocycles. The average Bonchev–Trinajstić information content (AvgIpc) is 2.12. The summed E-state index contributed by atoms with van der Waals surface area (Å²) in [5, 5.41) is 0. The van der Waals surface area contributed by atoms with Gasteiger partial charge in [0.1, 0.15) is 0 Å². The standard InChI is InChI=1S/C14H29N/c1-10-7-14(8-11(2)13(10)4)12(3)9-15(5)6/h10-14H,7-9H2,1-6H3. The summed E-state index contributed by atoms with van der Waals surface area (Å²) in [5.41, 5.74) is 0. The van der Waals surface area contributed by atoms with Crippen molar-refractivity contribution in [1.29, 1.82) is 0 Å². The highest BCUT2D eigenvalue weighted by molar-refractivity contribution is 4.82. The van der Waals surface area contributed by atoms with Gasteiger partial charge in [0.05, 0.1) is 0 Å². The van der Waals surface area contributed by atoms with Gasteiger partial charge in [0.2, 0.25) is 0 Å². The molecule has 1 rings (SSSR count). The second-order valence-corrected chi connectivity index (χ2v) is 6.28. The lowest BCUT2D eigenvalue weighted by Crippen LogP contribution is -2.34. The zero-order valence-electron chi connectivity index (χ0n) is 11.5. The minimum absolute atomic E-state index is 0.859. The molecule has 3 unspecified atom stereocenters. The zero-order valence-corrected chi connectivity index (χ0v) is 11.5. The van der Waals surface area contributed by atoms with E-state index in [1.165, 1.54) is 19.4 Å².